The number of ether oxygens (including phenoxy) is 1. The quantitative estimate of drug-likeness (QED) is 0.822. The fraction of sp³-hybridized carbons (Fsp3) is 0.462. The number of hydrogen-bond acceptors (Lipinski definition) is 3. The Morgan fingerprint density at radius 3 is 2.94 bits per heavy atom. The van der Waals surface area contributed by atoms with Gasteiger partial charge < -0.3 is 10.1 Å². The van der Waals surface area contributed by atoms with Gasteiger partial charge in [-0.1, -0.05) is 29.8 Å². The molecule has 0 aliphatic carbocycles. The molecular weight excluding hydrogens is 238 g/mol. The Balaban J connectivity index is 2.28. The van der Waals surface area contributed by atoms with Crippen molar-refractivity contribution in [2.24, 2.45) is 5.92 Å². The van der Waals surface area contributed by atoms with Gasteiger partial charge >= 0.3 is 5.97 Å². The Morgan fingerprint density at radius 1 is 1.47 bits per heavy atom. The topological polar surface area (TPSA) is 38.3 Å². The Morgan fingerprint density at radius 2 is 2.24 bits per heavy atom. The highest BCUT2D eigenvalue weighted by Crippen LogP contribution is 2.35. The van der Waals surface area contributed by atoms with E-state index in [1.807, 2.05) is 24.3 Å². The van der Waals surface area contributed by atoms with Crippen LogP contribution in [0.15, 0.2) is 24.3 Å². The van der Waals surface area contributed by atoms with Gasteiger partial charge in [-0.3, -0.25) is 4.79 Å². The summed E-state index contributed by atoms with van der Waals surface area (Å²) in [4.78, 5) is 11.8. The molecule has 1 N–H and O–H groups in total. The molecule has 1 aromatic carbocycles. The van der Waals surface area contributed by atoms with Crippen LogP contribution in [0.2, 0.25) is 5.02 Å². The number of nitrogens with one attached hydrogen (secondary N) is 1. The average Bonchev–Trinajstić information content (AvgIpc) is 2.38. The van der Waals surface area contributed by atoms with Crippen LogP contribution in [0.5, 0.6) is 0 Å². The number of methoxy groups -OCH3 is 1. The van der Waals surface area contributed by atoms with E-state index in [1.54, 1.807) is 0 Å². The van der Waals surface area contributed by atoms with Crippen molar-refractivity contribution in [3.8, 4) is 0 Å². The third kappa shape index (κ3) is 2.61. The highest BCUT2D eigenvalue weighted by molar-refractivity contribution is 6.31. The Kier molecular flexibility index (Phi) is 4.02. The van der Waals surface area contributed by atoms with Crippen LogP contribution in [-0.4, -0.2) is 26.2 Å². The molecule has 92 valence electrons. The second-order valence-corrected chi connectivity index (χ2v) is 4.66. The SMILES string of the molecule is COC(=O)C1CNCCC1c1ccccc1Cl. The van der Waals surface area contributed by atoms with E-state index in [4.69, 9.17) is 16.3 Å². The molecule has 2 unspecified atom stereocenters. The summed E-state index contributed by atoms with van der Waals surface area (Å²) in [5, 5.41) is 3.96. The van der Waals surface area contributed by atoms with Crippen molar-refractivity contribution < 1.29 is 9.53 Å². The van der Waals surface area contributed by atoms with Gasteiger partial charge in [-0.05, 0) is 24.6 Å². The first-order valence-electron chi connectivity index (χ1n) is 5.77. The molecule has 3 nitrogen and oxygen atoms in total. The van der Waals surface area contributed by atoms with E-state index in [9.17, 15) is 4.79 Å². The number of benzene rings is 1. The van der Waals surface area contributed by atoms with Crippen LogP contribution in [0.1, 0.15) is 17.9 Å². The molecule has 1 heterocycles. The molecule has 0 spiro atoms. The number of carbonyl (C=O) groups excluding carboxylic acids is 1. The molecule has 1 aliphatic rings. The van der Waals surface area contributed by atoms with Crippen molar-refractivity contribution in [2.45, 2.75) is 12.3 Å². The van der Waals surface area contributed by atoms with E-state index in [2.05, 4.69) is 5.32 Å². The van der Waals surface area contributed by atoms with Crippen LogP contribution < -0.4 is 5.32 Å². The first kappa shape index (κ1) is 12.4. The predicted molar refractivity (Wildman–Crippen MR) is 67.2 cm³/mol. The summed E-state index contributed by atoms with van der Waals surface area (Å²) in [6, 6.07) is 7.72. The molecular formula is C13H16ClNO2. The zero-order valence-corrected chi connectivity index (χ0v) is 10.5. The first-order valence-corrected chi connectivity index (χ1v) is 6.15. The summed E-state index contributed by atoms with van der Waals surface area (Å²) < 4.78 is 4.86. The molecule has 1 aliphatic heterocycles. The maximum absolute atomic E-state index is 11.8. The van der Waals surface area contributed by atoms with Gasteiger partial charge in [0, 0.05) is 17.5 Å². The van der Waals surface area contributed by atoms with Crippen LogP contribution in [0.4, 0.5) is 0 Å². The second-order valence-electron chi connectivity index (χ2n) is 4.25. The van der Waals surface area contributed by atoms with Crippen LogP contribution in [0.3, 0.4) is 0 Å². The number of hydrogen-bond donors (Lipinski definition) is 1. The van der Waals surface area contributed by atoms with Gasteiger partial charge in [-0.15, -0.1) is 0 Å². The molecule has 1 fully saturated rings. The first-order chi connectivity index (χ1) is 8.24. The molecule has 0 radical (unpaired) electrons. The minimum atomic E-state index is -0.165. The molecule has 1 saturated heterocycles. The minimum absolute atomic E-state index is 0.145. The highest BCUT2D eigenvalue weighted by atomic mass is 35.5. The number of rotatable bonds is 2. The van der Waals surface area contributed by atoms with Crippen molar-refractivity contribution in [1.29, 1.82) is 0 Å². The summed E-state index contributed by atoms with van der Waals surface area (Å²) in [5.41, 5.74) is 1.05. The number of piperidine rings is 1. The van der Waals surface area contributed by atoms with E-state index < -0.39 is 0 Å². The van der Waals surface area contributed by atoms with Crippen LogP contribution >= 0.6 is 11.6 Å². The maximum Gasteiger partial charge on any atom is 0.310 e. The highest BCUT2D eigenvalue weighted by Gasteiger charge is 2.33. The largest absolute Gasteiger partial charge is 0.469 e. The normalized spacial score (nSPS) is 24.4. The van der Waals surface area contributed by atoms with Gasteiger partial charge in [-0.25, -0.2) is 0 Å². The molecule has 2 atom stereocenters. The average molecular weight is 254 g/mol. The smallest absolute Gasteiger partial charge is 0.310 e. The third-order valence-corrected chi connectivity index (χ3v) is 3.63. The maximum atomic E-state index is 11.8. The molecule has 2 rings (SSSR count). The van der Waals surface area contributed by atoms with Crippen LogP contribution in [-0.2, 0) is 9.53 Å². The number of carbonyl (C=O) groups is 1. The van der Waals surface area contributed by atoms with E-state index >= 15 is 0 Å². The zero-order valence-electron chi connectivity index (χ0n) is 9.78. The molecule has 4 heteroatoms. The summed E-state index contributed by atoms with van der Waals surface area (Å²) in [7, 11) is 1.43. The van der Waals surface area contributed by atoms with Gasteiger partial charge in [-0.2, -0.15) is 0 Å². The van der Waals surface area contributed by atoms with E-state index in [-0.39, 0.29) is 17.8 Å². The standard InChI is InChI=1S/C13H16ClNO2/c1-17-13(16)11-8-15-7-6-9(11)10-4-2-3-5-12(10)14/h2-5,9,11,15H,6-8H2,1H3. The summed E-state index contributed by atoms with van der Waals surface area (Å²) in [6.07, 6.45) is 0.906. The summed E-state index contributed by atoms with van der Waals surface area (Å²) >= 11 is 6.20. The molecule has 0 bridgehead atoms. The molecule has 17 heavy (non-hydrogen) atoms. The predicted octanol–water partition coefficient (Wildman–Crippen LogP) is 2.21. The number of esters is 1. The molecule has 1 aromatic rings. The Hall–Kier alpha value is -1.06. The van der Waals surface area contributed by atoms with E-state index in [0.717, 1.165) is 23.6 Å². The lowest BCUT2D eigenvalue weighted by Gasteiger charge is -2.31. The van der Waals surface area contributed by atoms with Gasteiger partial charge in [0.25, 0.3) is 0 Å². The number of halogens is 1. The van der Waals surface area contributed by atoms with Crippen molar-refractivity contribution >= 4 is 17.6 Å². The van der Waals surface area contributed by atoms with Crippen molar-refractivity contribution in [2.75, 3.05) is 20.2 Å². The van der Waals surface area contributed by atoms with Crippen molar-refractivity contribution in [3.63, 3.8) is 0 Å². The summed E-state index contributed by atoms with van der Waals surface area (Å²) in [6.45, 7) is 1.56. The monoisotopic (exact) mass is 253 g/mol. The Labute approximate surface area is 106 Å². The van der Waals surface area contributed by atoms with E-state index in [1.165, 1.54) is 7.11 Å². The van der Waals surface area contributed by atoms with Gasteiger partial charge in [0.1, 0.15) is 0 Å². The fourth-order valence-electron chi connectivity index (χ4n) is 2.41. The van der Waals surface area contributed by atoms with E-state index in [0.29, 0.717) is 6.54 Å². The zero-order chi connectivity index (χ0) is 12.3. The summed E-state index contributed by atoms with van der Waals surface area (Å²) in [5.74, 6) is -0.159. The molecule has 0 saturated carbocycles. The van der Waals surface area contributed by atoms with Crippen molar-refractivity contribution in [3.05, 3.63) is 34.9 Å². The second kappa shape index (κ2) is 5.52. The van der Waals surface area contributed by atoms with Gasteiger partial charge in [0.15, 0.2) is 0 Å². The van der Waals surface area contributed by atoms with Crippen molar-refractivity contribution in [1.82, 2.24) is 5.32 Å². The lowest BCUT2D eigenvalue weighted by Crippen LogP contribution is -2.40. The fourth-order valence-corrected chi connectivity index (χ4v) is 2.68. The van der Waals surface area contributed by atoms with Crippen LogP contribution in [0.25, 0.3) is 0 Å². The lowest BCUT2D eigenvalue weighted by molar-refractivity contribution is -0.146. The van der Waals surface area contributed by atoms with Gasteiger partial charge in [0.05, 0.1) is 13.0 Å². The minimum Gasteiger partial charge on any atom is -0.469 e. The Bertz CT molecular complexity index is 408. The van der Waals surface area contributed by atoms with Gasteiger partial charge in [0.2, 0.25) is 0 Å². The molecule has 0 amide bonds. The molecule has 0 aromatic heterocycles. The lowest BCUT2D eigenvalue weighted by atomic mass is 9.81. The van der Waals surface area contributed by atoms with Crippen LogP contribution in [0, 0.1) is 5.92 Å². The third-order valence-electron chi connectivity index (χ3n) is 3.29.